The van der Waals surface area contributed by atoms with Gasteiger partial charge in [-0.3, -0.25) is 0 Å². The average Bonchev–Trinajstić information content (AvgIpc) is 2.61. The number of aromatic nitrogens is 2. The van der Waals surface area contributed by atoms with Crippen LogP contribution in [0.2, 0.25) is 0 Å². The van der Waals surface area contributed by atoms with Gasteiger partial charge in [-0.05, 0) is 31.9 Å². The summed E-state index contributed by atoms with van der Waals surface area (Å²) in [6, 6.07) is 8.61. The highest BCUT2D eigenvalue weighted by Crippen LogP contribution is 2.37. The largest absolute Gasteiger partial charge is 0.487 e. The molecule has 2 aliphatic rings. The number of piperidine rings is 1. The van der Waals surface area contributed by atoms with Gasteiger partial charge in [0.1, 0.15) is 17.7 Å². The Balaban J connectivity index is 1.39. The maximum atomic E-state index is 13.7. The molecule has 1 saturated heterocycles. The highest BCUT2D eigenvalue weighted by Gasteiger charge is 2.31. The molecule has 1 aliphatic heterocycles. The summed E-state index contributed by atoms with van der Waals surface area (Å²) in [5, 5.41) is 9.54. The second-order valence-electron chi connectivity index (χ2n) is 7.26. The number of hydrogen-bond donors (Lipinski definition) is 1. The van der Waals surface area contributed by atoms with Gasteiger partial charge >= 0.3 is 0 Å². The highest BCUT2D eigenvalue weighted by molar-refractivity contribution is 5.41. The fraction of sp³-hybridized carbons (Fsp3) is 0.500. The van der Waals surface area contributed by atoms with Crippen molar-refractivity contribution in [2.75, 3.05) is 18.0 Å². The van der Waals surface area contributed by atoms with E-state index in [4.69, 9.17) is 4.74 Å². The highest BCUT2D eigenvalue weighted by atomic mass is 19.1. The first-order valence-electron chi connectivity index (χ1n) is 9.28. The lowest BCUT2D eigenvalue weighted by molar-refractivity contribution is 0.0731. The van der Waals surface area contributed by atoms with Crippen LogP contribution < -0.4 is 9.64 Å². The number of rotatable bonds is 4. The van der Waals surface area contributed by atoms with Gasteiger partial charge in [-0.1, -0.05) is 12.1 Å². The first kappa shape index (κ1) is 17.2. The molecule has 1 N–H and O–H groups in total. The number of aryl methyl sites for hydroxylation is 1. The summed E-state index contributed by atoms with van der Waals surface area (Å²) in [4.78, 5) is 11.4. The van der Waals surface area contributed by atoms with Crippen LogP contribution in [-0.2, 0) is 0 Å². The third-order valence-corrected chi connectivity index (χ3v) is 5.27. The van der Waals surface area contributed by atoms with E-state index in [1.807, 2.05) is 6.92 Å². The number of hydrogen-bond acceptors (Lipinski definition) is 5. The van der Waals surface area contributed by atoms with Gasteiger partial charge in [0.2, 0.25) is 0 Å². The Bertz CT molecular complexity index is 771. The van der Waals surface area contributed by atoms with E-state index < -0.39 is 0 Å². The number of aliphatic hydroxyl groups excluding tert-OH is 1. The van der Waals surface area contributed by atoms with E-state index in [9.17, 15) is 9.50 Å². The third kappa shape index (κ3) is 3.65. The second-order valence-corrected chi connectivity index (χ2v) is 7.26. The zero-order chi connectivity index (χ0) is 18.1. The van der Waals surface area contributed by atoms with E-state index in [-0.39, 0.29) is 18.0 Å². The number of anilines is 1. The molecule has 2 fully saturated rings. The molecule has 0 atom stereocenters. The Morgan fingerprint density at radius 3 is 2.58 bits per heavy atom. The first-order chi connectivity index (χ1) is 12.6. The molecule has 0 radical (unpaired) electrons. The zero-order valence-corrected chi connectivity index (χ0v) is 14.9. The standard InChI is InChI=1S/C20H24FN3O2/c1-13-22-18(14-10-15(25)11-14)12-20(23-13)24-8-6-16(7-9-24)26-19-5-3-2-4-17(19)21/h2-5,12,14-16,25H,6-11H2,1H3. The summed E-state index contributed by atoms with van der Waals surface area (Å²) in [6.07, 6.45) is 3.06. The molecule has 1 saturated carbocycles. The number of para-hydroxylation sites is 1. The van der Waals surface area contributed by atoms with Crippen LogP contribution in [0.3, 0.4) is 0 Å². The number of aliphatic hydroxyl groups is 1. The SMILES string of the molecule is Cc1nc(C2CC(O)C2)cc(N2CCC(Oc3ccccc3F)CC2)n1. The van der Waals surface area contributed by atoms with Gasteiger partial charge in [-0.2, -0.15) is 0 Å². The predicted octanol–water partition coefficient (Wildman–Crippen LogP) is 3.21. The summed E-state index contributed by atoms with van der Waals surface area (Å²) in [5.74, 6) is 2.07. The van der Waals surface area contributed by atoms with Gasteiger partial charge in [0, 0.05) is 43.6 Å². The van der Waals surface area contributed by atoms with Crippen LogP contribution in [-0.4, -0.2) is 40.4 Å². The lowest BCUT2D eigenvalue weighted by atomic mass is 9.80. The van der Waals surface area contributed by atoms with Crippen molar-refractivity contribution in [2.45, 2.75) is 50.7 Å². The third-order valence-electron chi connectivity index (χ3n) is 5.27. The van der Waals surface area contributed by atoms with Gasteiger partial charge < -0.3 is 14.7 Å². The van der Waals surface area contributed by atoms with Crippen molar-refractivity contribution < 1.29 is 14.2 Å². The van der Waals surface area contributed by atoms with Crippen molar-refractivity contribution >= 4 is 5.82 Å². The molecule has 6 heteroatoms. The van der Waals surface area contributed by atoms with E-state index in [1.54, 1.807) is 18.2 Å². The Labute approximate surface area is 152 Å². The number of halogens is 1. The quantitative estimate of drug-likeness (QED) is 0.911. The van der Waals surface area contributed by atoms with Gasteiger partial charge in [-0.25, -0.2) is 14.4 Å². The molecule has 1 aliphatic carbocycles. The summed E-state index contributed by atoms with van der Waals surface area (Å²) >= 11 is 0. The number of ether oxygens (including phenoxy) is 1. The smallest absolute Gasteiger partial charge is 0.165 e. The molecule has 0 bridgehead atoms. The molecule has 0 unspecified atom stereocenters. The van der Waals surface area contributed by atoms with Crippen LogP contribution in [0.1, 0.15) is 43.1 Å². The van der Waals surface area contributed by atoms with E-state index in [0.29, 0.717) is 11.7 Å². The number of benzene rings is 1. The van der Waals surface area contributed by atoms with E-state index >= 15 is 0 Å². The van der Waals surface area contributed by atoms with Crippen LogP contribution >= 0.6 is 0 Å². The zero-order valence-electron chi connectivity index (χ0n) is 14.9. The minimum absolute atomic E-state index is 0.0207. The van der Waals surface area contributed by atoms with Crippen molar-refractivity contribution in [3.63, 3.8) is 0 Å². The normalized spacial score (nSPS) is 23.6. The molecular weight excluding hydrogens is 333 g/mol. The molecule has 1 aromatic heterocycles. The molecule has 2 aromatic rings. The van der Waals surface area contributed by atoms with Crippen molar-refractivity contribution in [1.29, 1.82) is 0 Å². The second kappa shape index (κ2) is 7.19. The van der Waals surface area contributed by atoms with Crippen molar-refractivity contribution in [2.24, 2.45) is 0 Å². The summed E-state index contributed by atoms with van der Waals surface area (Å²) in [6.45, 7) is 3.56. The van der Waals surface area contributed by atoms with Crippen LogP contribution in [0.5, 0.6) is 5.75 Å². The van der Waals surface area contributed by atoms with Crippen molar-refractivity contribution in [1.82, 2.24) is 9.97 Å². The minimum atomic E-state index is -0.311. The fourth-order valence-corrected chi connectivity index (χ4v) is 3.70. The molecule has 5 nitrogen and oxygen atoms in total. The maximum absolute atomic E-state index is 13.7. The topological polar surface area (TPSA) is 58.5 Å². The molecule has 1 aromatic carbocycles. The maximum Gasteiger partial charge on any atom is 0.165 e. The Morgan fingerprint density at radius 2 is 1.88 bits per heavy atom. The molecule has 26 heavy (non-hydrogen) atoms. The molecule has 138 valence electrons. The van der Waals surface area contributed by atoms with Gasteiger partial charge in [0.25, 0.3) is 0 Å². The summed E-state index contributed by atoms with van der Waals surface area (Å²) < 4.78 is 19.6. The monoisotopic (exact) mass is 357 g/mol. The minimum Gasteiger partial charge on any atom is -0.487 e. The van der Waals surface area contributed by atoms with Gasteiger partial charge in [0.05, 0.1) is 6.10 Å². The molecule has 2 heterocycles. The fourth-order valence-electron chi connectivity index (χ4n) is 3.70. The average molecular weight is 357 g/mol. The van der Waals surface area contributed by atoms with E-state index in [2.05, 4.69) is 20.9 Å². The predicted molar refractivity (Wildman–Crippen MR) is 97.0 cm³/mol. The molecular formula is C20H24FN3O2. The van der Waals surface area contributed by atoms with E-state index in [1.165, 1.54) is 6.07 Å². The van der Waals surface area contributed by atoms with Crippen molar-refractivity contribution in [3.05, 3.63) is 47.7 Å². The van der Waals surface area contributed by atoms with Crippen molar-refractivity contribution in [3.8, 4) is 5.75 Å². The Hall–Kier alpha value is -2.21. The molecule has 0 amide bonds. The summed E-state index contributed by atoms with van der Waals surface area (Å²) in [7, 11) is 0. The number of nitrogens with zero attached hydrogens (tertiary/aromatic N) is 3. The van der Waals surface area contributed by atoms with Crippen LogP contribution in [0.15, 0.2) is 30.3 Å². The Kier molecular flexibility index (Phi) is 4.76. The van der Waals surface area contributed by atoms with E-state index in [0.717, 1.165) is 56.1 Å². The van der Waals surface area contributed by atoms with Crippen LogP contribution in [0.25, 0.3) is 0 Å². The molecule has 4 rings (SSSR count). The van der Waals surface area contributed by atoms with Crippen LogP contribution in [0, 0.1) is 12.7 Å². The molecule has 0 spiro atoms. The van der Waals surface area contributed by atoms with Crippen LogP contribution in [0.4, 0.5) is 10.2 Å². The van der Waals surface area contributed by atoms with Gasteiger partial charge in [0.15, 0.2) is 11.6 Å². The lowest BCUT2D eigenvalue weighted by Crippen LogP contribution is -2.39. The van der Waals surface area contributed by atoms with Gasteiger partial charge in [-0.15, -0.1) is 0 Å². The summed E-state index contributed by atoms with van der Waals surface area (Å²) in [5.41, 5.74) is 1.03. The Morgan fingerprint density at radius 1 is 1.15 bits per heavy atom. The lowest BCUT2D eigenvalue weighted by Gasteiger charge is -2.34. The first-order valence-corrected chi connectivity index (χ1v) is 9.28.